The maximum Gasteiger partial charge on any atom is 0.303 e. The largest absolute Gasteiger partial charge is 0.330 e. The van der Waals surface area contributed by atoms with Gasteiger partial charge in [-0.05, 0) is 13.0 Å². The molecule has 0 spiro atoms. The molecule has 1 heterocycles. The summed E-state index contributed by atoms with van der Waals surface area (Å²) in [6.07, 6.45) is 0.619. The summed E-state index contributed by atoms with van der Waals surface area (Å²) in [5.41, 5.74) is 6.75. The summed E-state index contributed by atoms with van der Waals surface area (Å²) in [6, 6.07) is 0. The van der Waals surface area contributed by atoms with E-state index in [4.69, 9.17) is 5.73 Å². The van der Waals surface area contributed by atoms with Crippen molar-refractivity contribution in [3.8, 4) is 0 Å². The Morgan fingerprint density at radius 2 is 2.40 bits per heavy atom. The average Bonchev–Trinajstić information content (AvgIpc) is 2.65. The fourth-order valence-corrected chi connectivity index (χ4v) is 2.42. The fourth-order valence-electron chi connectivity index (χ4n) is 0.840. The van der Waals surface area contributed by atoms with Crippen LogP contribution >= 0.6 is 11.3 Å². The van der Waals surface area contributed by atoms with Crippen LogP contribution in [0.2, 0.25) is 0 Å². The first-order valence-electron chi connectivity index (χ1n) is 4.26. The molecular weight excluding hydrogens is 238 g/mol. The fraction of sp³-hybridized carbons (Fsp3) is 0.667. The summed E-state index contributed by atoms with van der Waals surface area (Å²) in [5, 5.41) is 7.38. The molecule has 9 heteroatoms. The zero-order valence-corrected chi connectivity index (χ0v) is 9.88. The van der Waals surface area contributed by atoms with Gasteiger partial charge >= 0.3 is 10.2 Å². The van der Waals surface area contributed by atoms with E-state index in [1.807, 2.05) is 0 Å². The number of anilines is 1. The highest BCUT2D eigenvalue weighted by molar-refractivity contribution is 7.90. The Labute approximate surface area is 92.5 Å². The molecule has 3 N–H and O–H groups in total. The minimum absolute atomic E-state index is 0.259. The molecule has 15 heavy (non-hydrogen) atoms. The molecule has 0 aliphatic rings. The van der Waals surface area contributed by atoms with E-state index < -0.39 is 10.2 Å². The molecule has 0 aliphatic carbocycles. The van der Waals surface area contributed by atoms with Gasteiger partial charge in [-0.1, -0.05) is 11.3 Å². The van der Waals surface area contributed by atoms with E-state index in [-0.39, 0.29) is 5.13 Å². The molecular formula is C6H13N5O2S2. The van der Waals surface area contributed by atoms with Crippen molar-refractivity contribution in [3.63, 3.8) is 0 Å². The summed E-state index contributed by atoms with van der Waals surface area (Å²) in [5.74, 6) is 0. The second-order valence-corrected chi connectivity index (χ2v) is 5.43. The van der Waals surface area contributed by atoms with Gasteiger partial charge in [0.15, 0.2) is 0 Å². The Kier molecular flexibility index (Phi) is 4.39. The molecule has 0 bridgehead atoms. The summed E-state index contributed by atoms with van der Waals surface area (Å²) in [4.78, 5) is 0. The van der Waals surface area contributed by atoms with Crippen molar-refractivity contribution in [1.29, 1.82) is 0 Å². The van der Waals surface area contributed by atoms with Gasteiger partial charge in [0.1, 0.15) is 5.51 Å². The molecule has 0 unspecified atom stereocenters. The lowest BCUT2D eigenvalue weighted by atomic mass is 10.4. The Balaban J connectivity index is 2.59. The lowest BCUT2D eigenvalue weighted by Gasteiger charge is -2.16. The molecule has 1 rings (SSSR count). The Hall–Kier alpha value is -0.770. The van der Waals surface area contributed by atoms with Crippen molar-refractivity contribution >= 4 is 26.7 Å². The normalized spacial score (nSPS) is 11.9. The van der Waals surface area contributed by atoms with Crippen LogP contribution in [-0.2, 0) is 10.2 Å². The van der Waals surface area contributed by atoms with Crippen LogP contribution in [0.1, 0.15) is 6.42 Å². The summed E-state index contributed by atoms with van der Waals surface area (Å²) in [7, 11) is -2.03. The van der Waals surface area contributed by atoms with E-state index in [9.17, 15) is 8.42 Å². The van der Waals surface area contributed by atoms with Crippen LogP contribution < -0.4 is 10.5 Å². The molecule has 0 fully saturated rings. The summed E-state index contributed by atoms with van der Waals surface area (Å²) < 4.78 is 26.7. The quantitative estimate of drug-likeness (QED) is 0.708. The molecule has 0 amide bonds. The van der Waals surface area contributed by atoms with Gasteiger partial charge in [-0.3, -0.25) is 0 Å². The molecule has 86 valence electrons. The van der Waals surface area contributed by atoms with Crippen LogP contribution in [0, 0.1) is 0 Å². The zero-order chi connectivity index (χ0) is 11.3. The van der Waals surface area contributed by atoms with Crippen LogP contribution in [-0.4, -0.2) is 43.1 Å². The molecule has 0 radical (unpaired) electrons. The minimum Gasteiger partial charge on any atom is -0.330 e. The van der Waals surface area contributed by atoms with Gasteiger partial charge in [0, 0.05) is 13.6 Å². The molecule has 1 aromatic rings. The zero-order valence-electron chi connectivity index (χ0n) is 8.25. The standard InChI is InChI=1S/C6H13N5O2S2/c1-11(4-2-3-7)15(12,13)10-6-9-8-5-14-6/h5H,2-4,7H2,1H3,(H,9,10). The third-order valence-corrected chi connectivity index (χ3v) is 3.85. The monoisotopic (exact) mass is 251 g/mol. The van der Waals surface area contributed by atoms with Gasteiger partial charge in [0.2, 0.25) is 5.13 Å². The Bertz CT molecular complexity index is 376. The molecule has 0 atom stereocenters. The first-order chi connectivity index (χ1) is 7.06. The van der Waals surface area contributed by atoms with E-state index in [1.54, 1.807) is 0 Å². The molecule has 0 saturated carbocycles. The number of nitrogens with one attached hydrogen (secondary N) is 1. The number of nitrogens with zero attached hydrogens (tertiary/aromatic N) is 3. The number of rotatable bonds is 6. The molecule has 0 saturated heterocycles. The topological polar surface area (TPSA) is 101 Å². The third kappa shape index (κ3) is 3.70. The maximum atomic E-state index is 11.6. The second kappa shape index (κ2) is 5.35. The highest BCUT2D eigenvalue weighted by atomic mass is 32.2. The highest BCUT2D eigenvalue weighted by Gasteiger charge is 2.17. The number of aromatic nitrogens is 2. The SMILES string of the molecule is CN(CCCN)S(=O)(=O)Nc1nncs1. The predicted molar refractivity (Wildman–Crippen MR) is 58.8 cm³/mol. The highest BCUT2D eigenvalue weighted by Crippen LogP contribution is 2.11. The van der Waals surface area contributed by atoms with E-state index in [1.165, 1.54) is 16.9 Å². The summed E-state index contributed by atoms with van der Waals surface area (Å²) in [6.45, 7) is 0.837. The Morgan fingerprint density at radius 3 is 2.93 bits per heavy atom. The third-order valence-electron chi connectivity index (χ3n) is 1.66. The minimum atomic E-state index is -3.52. The number of hydrogen-bond donors (Lipinski definition) is 2. The molecule has 0 aromatic carbocycles. The smallest absolute Gasteiger partial charge is 0.303 e. The number of hydrogen-bond acceptors (Lipinski definition) is 6. The van der Waals surface area contributed by atoms with Crippen molar-refractivity contribution in [3.05, 3.63) is 5.51 Å². The predicted octanol–water partition coefficient (Wildman–Crippen LogP) is -0.525. The van der Waals surface area contributed by atoms with E-state index >= 15 is 0 Å². The van der Waals surface area contributed by atoms with Crippen LogP contribution in [0.3, 0.4) is 0 Å². The van der Waals surface area contributed by atoms with Gasteiger partial charge in [-0.15, -0.1) is 10.2 Å². The van der Waals surface area contributed by atoms with Crippen LogP contribution in [0.25, 0.3) is 0 Å². The van der Waals surface area contributed by atoms with Crippen molar-refractivity contribution in [2.24, 2.45) is 5.73 Å². The maximum absolute atomic E-state index is 11.6. The van der Waals surface area contributed by atoms with Gasteiger partial charge in [0.25, 0.3) is 0 Å². The van der Waals surface area contributed by atoms with E-state index in [2.05, 4.69) is 14.9 Å². The molecule has 0 aliphatic heterocycles. The van der Waals surface area contributed by atoms with Crippen LogP contribution in [0.5, 0.6) is 0 Å². The van der Waals surface area contributed by atoms with Crippen molar-refractivity contribution < 1.29 is 8.42 Å². The van der Waals surface area contributed by atoms with Gasteiger partial charge in [-0.2, -0.15) is 12.7 Å². The first-order valence-corrected chi connectivity index (χ1v) is 6.58. The van der Waals surface area contributed by atoms with E-state index in [0.717, 1.165) is 11.3 Å². The van der Waals surface area contributed by atoms with E-state index in [0.29, 0.717) is 19.5 Å². The molecule has 7 nitrogen and oxygen atoms in total. The van der Waals surface area contributed by atoms with Gasteiger partial charge in [0.05, 0.1) is 0 Å². The Morgan fingerprint density at radius 1 is 1.67 bits per heavy atom. The molecule has 1 aromatic heterocycles. The summed E-state index contributed by atoms with van der Waals surface area (Å²) >= 11 is 1.13. The lowest BCUT2D eigenvalue weighted by molar-refractivity contribution is 0.468. The van der Waals surface area contributed by atoms with Crippen LogP contribution in [0.15, 0.2) is 5.51 Å². The van der Waals surface area contributed by atoms with Gasteiger partial charge in [-0.25, -0.2) is 4.72 Å². The van der Waals surface area contributed by atoms with Crippen molar-refractivity contribution in [2.45, 2.75) is 6.42 Å². The first kappa shape index (κ1) is 12.3. The second-order valence-electron chi connectivity index (χ2n) is 2.81. The van der Waals surface area contributed by atoms with Crippen molar-refractivity contribution in [1.82, 2.24) is 14.5 Å². The van der Waals surface area contributed by atoms with Gasteiger partial charge < -0.3 is 5.73 Å². The lowest BCUT2D eigenvalue weighted by Crippen LogP contribution is -2.34. The average molecular weight is 251 g/mol. The van der Waals surface area contributed by atoms with Crippen LogP contribution in [0.4, 0.5) is 5.13 Å². The number of nitrogens with two attached hydrogens (primary N) is 1. The van der Waals surface area contributed by atoms with Crippen molar-refractivity contribution in [2.75, 3.05) is 24.9 Å².